The maximum absolute atomic E-state index is 13.2. The molecule has 0 spiro atoms. The molecule has 0 aliphatic carbocycles. The van der Waals surface area contributed by atoms with Crippen LogP contribution < -0.4 is 0 Å². The van der Waals surface area contributed by atoms with Gasteiger partial charge < -0.3 is 9.64 Å². The lowest BCUT2D eigenvalue weighted by Crippen LogP contribution is -2.38. The molecule has 1 heterocycles. The van der Waals surface area contributed by atoms with E-state index in [1.807, 2.05) is 65.0 Å². The molecule has 0 fully saturated rings. The number of amides is 1. The van der Waals surface area contributed by atoms with Crippen LogP contribution in [0.25, 0.3) is 0 Å². The van der Waals surface area contributed by atoms with Crippen molar-refractivity contribution >= 4 is 23.5 Å². The van der Waals surface area contributed by atoms with Crippen LogP contribution in [0.5, 0.6) is 0 Å². The Balaban J connectivity index is 2.04. The second kappa shape index (κ2) is 9.69. The van der Waals surface area contributed by atoms with Crippen molar-refractivity contribution in [2.75, 3.05) is 6.61 Å². The minimum absolute atomic E-state index is 0.0112. The monoisotopic (exact) mass is 439 g/mol. The summed E-state index contributed by atoms with van der Waals surface area (Å²) in [6.45, 7) is 10.6. The summed E-state index contributed by atoms with van der Waals surface area (Å²) in [5.74, 6) is -0.441. The molecule has 164 valence electrons. The van der Waals surface area contributed by atoms with Gasteiger partial charge in [-0.3, -0.25) is 4.79 Å². The molecule has 0 bridgehead atoms. The molecule has 5 heteroatoms. The lowest BCUT2D eigenvalue weighted by molar-refractivity contribution is -0.141. The van der Waals surface area contributed by atoms with Crippen LogP contribution in [0.2, 0.25) is 5.02 Å². The molecule has 3 rings (SSSR count). The number of allylic oxidation sites excluding steroid dienone is 1. The molecule has 0 N–H and O–H groups in total. The van der Waals surface area contributed by atoms with Gasteiger partial charge in [-0.25, -0.2) is 4.79 Å². The summed E-state index contributed by atoms with van der Waals surface area (Å²) in [6, 6.07) is 13.6. The van der Waals surface area contributed by atoms with Crippen molar-refractivity contribution in [3.8, 4) is 0 Å². The molecule has 2 aromatic rings. The van der Waals surface area contributed by atoms with E-state index in [2.05, 4.69) is 6.07 Å². The highest BCUT2D eigenvalue weighted by Gasteiger charge is 2.37. The molecule has 31 heavy (non-hydrogen) atoms. The smallest absolute Gasteiger partial charge is 0.336 e. The zero-order chi connectivity index (χ0) is 22.7. The number of halogens is 1. The predicted molar refractivity (Wildman–Crippen MR) is 124 cm³/mol. The SMILES string of the molecule is CC1=C(C(=O)OCC(C)C)C(c2ccc(C)cc2C)CC(=O)N1Cc1cccc(Cl)c1. The molecule has 2 aromatic carbocycles. The Morgan fingerprint density at radius 1 is 1.16 bits per heavy atom. The van der Waals surface area contributed by atoms with Gasteiger partial charge in [-0.15, -0.1) is 0 Å². The van der Waals surface area contributed by atoms with Crippen molar-refractivity contribution in [1.82, 2.24) is 4.90 Å². The number of hydrogen-bond acceptors (Lipinski definition) is 3. The van der Waals surface area contributed by atoms with Crippen LogP contribution >= 0.6 is 11.6 Å². The van der Waals surface area contributed by atoms with Gasteiger partial charge in [0, 0.05) is 23.1 Å². The molecule has 1 aliphatic rings. The molecule has 0 radical (unpaired) electrons. The molecule has 1 unspecified atom stereocenters. The molecule has 1 amide bonds. The van der Waals surface area contributed by atoms with Crippen LogP contribution in [0.15, 0.2) is 53.7 Å². The van der Waals surface area contributed by atoms with Gasteiger partial charge in [-0.1, -0.05) is 61.3 Å². The van der Waals surface area contributed by atoms with Gasteiger partial charge in [0.05, 0.1) is 18.7 Å². The fraction of sp³-hybridized carbons (Fsp3) is 0.385. The summed E-state index contributed by atoms with van der Waals surface area (Å²) in [6.07, 6.45) is 0.230. The standard InChI is InChI=1S/C26H30ClNO3/c1-16(2)15-31-26(30)25-19(5)28(14-20-7-6-8-21(27)12-20)24(29)13-23(25)22-10-9-17(3)11-18(22)4/h6-12,16,23H,13-15H2,1-5H3. The lowest BCUT2D eigenvalue weighted by atomic mass is 9.81. The van der Waals surface area contributed by atoms with E-state index in [4.69, 9.17) is 16.3 Å². The van der Waals surface area contributed by atoms with E-state index >= 15 is 0 Å². The molecule has 0 saturated heterocycles. The quantitative estimate of drug-likeness (QED) is 0.523. The molecule has 1 aliphatic heterocycles. The summed E-state index contributed by atoms with van der Waals surface area (Å²) >= 11 is 6.13. The van der Waals surface area contributed by atoms with Gasteiger partial charge in [0.15, 0.2) is 0 Å². The Kier molecular flexibility index (Phi) is 7.22. The van der Waals surface area contributed by atoms with Gasteiger partial charge in [0.1, 0.15) is 0 Å². The fourth-order valence-corrected chi connectivity index (χ4v) is 4.30. The Hall–Kier alpha value is -2.59. The average Bonchev–Trinajstić information content (AvgIpc) is 2.69. The van der Waals surface area contributed by atoms with Crippen molar-refractivity contribution in [2.45, 2.75) is 53.5 Å². The van der Waals surface area contributed by atoms with Crippen molar-refractivity contribution in [3.05, 3.63) is 81.0 Å². The highest BCUT2D eigenvalue weighted by molar-refractivity contribution is 6.30. The molecule has 4 nitrogen and oxygen atoms in total. The second-order valence-electron chi connectivity index (χ2n) is 8.72. The Bertz CT molecular complexity index is 1030. The third-order valence-electron chi connectivity index (χ3n) is 5.62. The summed E-state index contributed by atoms with van der Waals surface area (Å²) in [7, 11) is 0. The zero-order valence-corrected chi connectivity index (χ0v) is 19.6. The van der Waals surface area contributed by atoms with E-state index in [-0.39, 0.29) is 30.1 Å². The number of carbonyl (C=O) groups is 2. The second-order valence-corrected chi connectivity index (χ2v) is 9.15. The number of nitrogens with zero attached hydrogens (tertiary/aromatic N) is 1. The summed E-state index contributed by atoms with van der Waals surface area (Å²) in [5.41, 5.74) is 5.35. The maximum atomic E-state index is 13.2. The van der Waals surface area contributed by atoms with Crippen molar-refractivity contribution in [3.63, 3.8) is 0 Å². The van der Waals surface area contributed by atoms with Crippen molar-refractivity contribution in [2.24, 2.45) is 5.92 Å². The molecular weight excluding hydrogens is 410 g/mol. The topological polar surface area (TPSA) is 46.6 Å². The summed E-state index contributed by atoms with van der Waals surface area (Å²) in [4.78, 5) is 28.1. The van der Waals surface area contributed by atoms with Gasteiger partial charge in [0.2, 0.25) is 5.91 Å². The molecule has 0 aromatic heterocycles. The third kappa shape index (κ3) is 5.37. The van der Waals surface area contributed by atoms with Crippen LogP contribution in [0.4, 0.5) is 0 Å². The zero-order valence-electron chi connectivity index (χ0n) is 18.9. The van der Waals surface area contributed by atoms with E-state index in [0.717, 1.165) is 22.3 Å². The average molecular weight is 440 g/mol. The Morgan fingerprint density at radius 2 is 1.90 bits per heavy atom. The van der Waals surface area contributed by atoms with Crippen LogP contribution in [0.1, 0.15) is 55.4 Å². The first-order valence-corrected chi connectivity index (χ1v) is 11.0. The van der Waals surface area contributed by atoms with E-state index < -0.39 is 0 Å². The highest BCUT2D eigenvalue weighted by atomic mass is 35.5. The third-order valence-corrected chi connectivity index (χ3v) is 5.86. The van der Waals surface area contributed by atoms with Crippen LogP contribution in [0, 0.1) is 19.8 Å². The van der Waals surface area contributed by atoms with Crippen LogP contribution in [-0.4, -0.2) is 23.4 Å². The van der Waals surface area contributed by atoms with Crippen LogP contribution in [-0.2, 0) is 20.9 Å². The lowest BCUT2D eigenvalue weighted by Gasteiger charge is -2.35. The van der Waals surface area contributed by atoms with E-state index in [0.29, 0.717) is 29.4 Å². The molecule has 1 atom stereocenters. The largest absolute Gasteiger partial charge is 0.462 e. The van der Waals surface area contributed by atoms with E-state index in [1.165, 1.54) is 0 Å². The minimum atomic E-state index is -0.347. The number of hydrogen-bond donors (Lipinski definition) is 0. The molecule has 0 saturated carbocycles. The first-order chi connectivity index (χ1) is 14.7. The molecular formula is C26H30ClNO3. The first kappa shape index (κ1) is 23.1. The van der Waals surface area contributed by atoms with Crippen LogP contribution in [0.3, 0.4) is 0 Å². The van der Waals surface area contributed by atoms with Crippen molar-refractivity contribution in [1.29, 1.82) is 0 Å². The first-order valence-electron chi connectivity index (χ1n) is 10.7. The Labute approximate surface area is 189 Å². The summed E-state index contributed by atoms with van der Waals surface area (Å²) < 4.78 is 5.63. The van der Waals surface area contributed by atoms with Crippen molar-refractivity contribution < 1.29 is 14.3 Å². The minimum Gasteiger partial charge on any atom is -0.462 e. The van der Waals surface area contributed by atoms with E-state index in [1.54, 1.807) is 11.0 Å². The predicted octanol–water partition coefficient (Wildman–Crippen LogP) is 5.95. The maximum Gasteiger partial charge on any atom is 0.336 e. The summed E-state index contributed by atoms with van der Waals surface area (Å²) in [5, 5.41) is 0.619. The van der Waals surface area contributed by atoms with Gasteiger partial charge in [-0.05, 0) is 55.5 Å². The van der Waals surface area contributed by atoms with Gasteiger partial charge in [-0.2, -0.15) is 0 Å². The number of aryl methyl sites for hydroxylation is 2. The highest BCUT2D eigenvalue weighted by Crippen LogP contribution is 2.39. The number of ether oxygens (including phenoxy) is 1. The number of benzene rings is 2. The number of esters is 1. The number of rotatable bonds is 6. The number of carbonyl (C=O) groups excluding carboxylic acids is 2. The Morgan fingerprint density at radius 3 is 2.55 bits per heavy atom. The van der Waals surface area contributed by atoms with E-state index in [9.17, 15) is 9.59 Å². The normalized spacial score (nSPS) is 16.8. The van der Waals surface area contributed by atoms with Gasteiger partial charge >= 0.3 is 5.97 Å². The van der Waals surface area contributed by atoms with Gasteiger partial charge in [0.25, 0.3) is 0 Å². The fourth-order valence-electron chi connectivity index (χ4n) is 4.09.